The molecule has 0 aliphatic rings. The summed E-state index contributed by atoms with van der Waals surface area (Å²) < 4.78 is 43.7. The Bertz CT molecular complexity index is 1720. The quantitative estimate of drug-likeness (QED) is 0.125. The minimum Gasteiger partial charge on any atom is -0.493 e. The van der Waals surface area contributed by atoms with Crippen LogP contribution in [0.1, 0.15) is 11.1 Å². The van der Waals surface area contributed by atoms with Gasteiger partial charge in [-0.25, -0.2) is 13.8 Å². The monoisotopic (exact) mass is 705 g/mol. The van der Waals surface area contributed by atoms with E-state index in [1.807, 2.05) is 18.2 Å². The number of benzene rings is 4. The van der Waals surface area contributed by atoms with Crippen molar-refractivity contribution >= 4 is 67.0 Å². The van der Waals surface area contributed by atoms with Crippen molar-refractivity contribution in [3.05, 3.63) is 111 Å². The molecule has 4 rings (SSSR count). The van der Waals surface area contributed by atoms with Crippen LogP contribution < -0.4 is 23.9 Å². The fourth-order valence-electron chi connectivity index (χ4n) is 3.79. The number of hydrogen-bond donors (Lipinski definition) is 1. The summed E-state index contributed by atoms with van der Waals surface area (Å²) in [5, 5.41) is 4.98. The molecule has 9 nitrogen and oxygen atoms in total. The van der Waals surface area contributed by atoms with Crippen molar-refractivity contribution in [2.24, 2.45) is 5.10 Å². The van der Waals surface area contributed by atoms with Gasteiger partial charge in [-0.15, -0.1) is 0 Å². The van der Waals surface area contributed by atoms with Gasteiger partial charge >= 0.3 is 0 Å². The lowest BCUT2D eigenvalue weighted by Gasteiger charge is -2.21. The molecule has 0 aliphatic heterocycles. The second kappa shape index (κ2) is 14.6. The molecular formula is C30H26BrCl2N3O6S. The molecule has 13 heteroatoms. The third-order valence-corrected chi connectivity index (χ3v) is 8.15. The first-order valence-electron chi connectivity index (χ1n) is 12.6. The largest absolute Gasteiger partial charge is 0.493 e. The van der Waals surface area contributed by atoms with Gasteiger partial charge in [-0.3, -0.25) is 9.10 Å². The Kier molecular flexibility index (Phi) is 10.9. The molecule has 0 heterocycles. The van der Waals surface area contributed by atoms with E-state index in [1.54, 1.807) is 66.7 Å². The average molecular weight is 707 g/mol. The average Bonchev–Trinajstić information content (AvgIpc) is 2.96. The first-order valence-corrected chi connectivity index (χ1v) is 16.0. The van der Waals surface area contributed by atoms with E-state index in [0.29, 0.717) is 48.8 Å². The molecule has 4 aromatic rings. The summed E-state index contributed by atoms with van der Waals surface area (Å²) in [6.07, 6.45) is 2.41. The van der Waals surface area contributed by atoms with Gasteiger partial charge in [0.1, 0.15) is 24.7 Å². The zero-order valence-electron chi connectivity index (χ0n) is 23.0. The molecule has 1 amide bonds. The molecule has 0 spiro atoms. The van der Waals surface area contributed by atoms with Gasteiger partial charge in [0.15, 0.2) is 11.5 Å². The van der Waals surface area contributed by atoms with Crippen molar-refractivity contribution in [2.45, 2.75) is 6.61 Å². The summed E-state index contributed by atoms with van der Waals surface area (Å²) in [4.78, 5) is 12.7. The lowest BCUT2D eigenvalue weighted by molar-refractivity contribution is -0.119. The molecule has 43 heavy (non-hydrogen) atoms. The molecule has 0 unspecified atom stereocenters. The number of sulfonamides is 1. The number of halogens is 3. The van der Waals surface area contributed by atoms with E-state index in [-0.39, 0.29) is 6.61 Å². The normalized spacial score (nSPS) is 11.3. The number of methoxy groups -OCH3 is 1. The topological polar surface area (TPSA) is 107 Å². The molecule has 1 N–H and O–H groups in total. The molecule has 0 saturated carbocycles. The van der Waals surface area contributed by atoms with Crippen molar-refractivity contribution < 1.29 is 27.4 Å². The van der Waals surface area contributed by atoms with Crippen LogP contribution in [0.25, 0.3) is 0 Å². The fraction of sp³-hybridized carbons (Fsp3) is 0.133. The van der Waals surface area contributed by atoms with Crippen molar-refractivity contribution in [3.63, 3.8) is 0 Å². The van der Waals surface area contributed by atoms with Crippen LogP contribution in [0.5, 0.6) is 23.0 Å². The number of rotatable bonds is 12. The Morgan fingerprint density at radius 1 is 1.00 bits per heavy atom. The van der Waals surface area contributed by atoms with Crippen LogP contribution >= 0.6 is 39.1 Å². The van der Waals surface area contributed by atoms with E-state index in [4.69, 9.17) is 37.4 Å². The lowest BCUT2D eigenvalue weighted by Crippen LogP contribution is -2.39. The Balaban J connectivity index is 1.39. The van der Waals surface area contributed by atoms with Gasteiger partial charge in [0.05, 0.1) is 29.7 Å². The third-order valence-electron chi connectivity index (χ3n) is 5.83. The lowest BCUT2D eigenvalue weighted by atomic mass is 10.2. The van der Waals surface area contributed by atoms with E-state index >= 15 is 0 Å². The number of ether oxygens (including phenoxy) is 3. The number of amides is 1. The van der Waals surface area contributed by atoms with Crippen molar-refractivity contribution in [1.82, 2.24) is 5.43 Å². The van der Waals surface area contributed by atoms with Crippen LogP contribution in [0, 0.1) is 0 Å². The van der Waals surface area contributed by atoms with E-state index in [1.165, 1.54) is 13.3 Å². The first kappa shape index (κ1) is 32.2. The first-order chi connectivity index (χ1) is 20.5. The highest BCUT2D eigenvalue weighted by atomic mass is 79.9. The number of hydrazone groups is 1. The Morgan fingerprint density at radius 3 is 2.35 bits per heavy atom. The number of anilines is 1. The zero-order valence-corrected chi connectivity index (χ0v) is 26.9. The number of nitrogens with one attached hydrogen (secondary N) is 1. The summed E-state index contributed by atoms with van der Waals surface area (Å²) in [6, 6.07) is 24.1. The predicted octanol–water partition coefficient (Wildman–Crippen LogP) is 7.05. The molecular weight excluding hydrogens is 681 g/mol. The number of carbonyl (C=O) groups is 1. The zero-order chi connectivity index (χ0) is 31.0. The maximum absolute atomic E-state index is 12.7. The summed E-state index contributed by atoms with van der Waals surface area (Å²) >= 11 is 15.7. The van der Waals surface area contributed by atoms with Gasteiger partial charge in [-0.2, -0.15) is 5.10 Å². The molecule has 224 valence electrons. The summed E-state index contributed by atoms with van der Waals surface area (Å²) in [6.45, 7) is -0.309. The number of para-hydroxylation sites is 1. The maximum atomic E-state index is 12.7. The highest BCUT2D eigenvalue weighted by Gasteiger charge is 2.21. The van der Waals surface area contributed by atoms with Crippen molar-refractivity contribution in [3.8, 4) is 23.0 Å². The third kappa shape index (κ3) is 9.11. The van der Waals surface area contributed by atoms with Crippen molar-refractivity contribution in [1.29, 1.82) is 0 Å². The van der Waals surface area contributed by atoms with Gasteiger partial charge in [-0.05, 0) is 82.2 Å². The van der Waals surface area contributed by atoms with Gasteiger partial charge in [0.2, 0.25) is 10.0 Å². The smallest absolute Gasteiger partial charge is 0.260 e. The maximum Gasteiger partial charge on any atom is 0.260 e. The Labute approximate surface area is 268 Å². The molecule has 4 aromatic carbocycles. The standard InChI is InChI=1S/C30H26BrCl2N3O6S/c1-40-28-15-20(14-26(31)30(28)41-19-21-8-9-22(32)16-27(21)33)17-34-35-29(37)18-36(43(2,38)39)23-10-12-25(13-11-23)42-24-6-4-3-5-7-24/h3-17H,18-19H2,1-2H3,(H,35,37)/b34-17-. The molecule has 0 radical (unpaired) electrons. The second-order valence-corrected chi connectivity index (χ2v) is 12.6. The minimum absolute atomic E-state index is 0.175. The van der Waals surface area contributed by atoms with E-state index in [0.717, 1.165) is 16.1 Å². The summed E-state index contributed by atoms with van der Waals surface area (Å²) in [7, 11) is -2.29. The van der Waals surface area contributed by atoms with Gasteiger partial charge in [0.25, 0.3) is 5.91 Å². The van der Waals surface area contributed by atoms with Crippen LogP contribution in [0.4, 0.5) is 5.69 Å². The minimum atomic E-state index is -3.78. The summed E-state index contributed by atoms with van der Waals surface area (Å²) in [5.74, 6) is 1.37. The molecule has 0 aromatic heterocycles. The van der Waals surface area contributed by atoms with Crippen LogP contribution in [-0.2, 0) is 21.4 Å². The van der Waals surface area contributed by atoms with E-state index in [2.05, 4.69) is 26.5 Å². The van der Waals surface area contributed by atoms with Crippen molar-refractivity contribution in [2.75, 3.05) is 24.2 Å². The highest BCUT2D eigenvalue weighted by Crippen LogP contribution is 2.37. The molecule has 0 aliphatic carbocycles. The van der Waals surface area contributed by atoms with E-state index < -0.39 is 22.5 Å². The van der Waals surface area contributed by atoms with Gasteiger partial charge in [-0.1, -0.05) is 47.5 Å². The molecule has 0 saturated heterocycles. The second-order valence-electron chi connectivity index (χ2n) is 9.03. The van der Waals surface area contributed by atoms with Crippen LogP contribution in [0.15, 0.2) is 94.5 Å². The predicted molar refractivity (Wildman–Crippen MR) is 172 cm³/mol. The Hall–Kier alpha value is -3.77. The number of carbonyl (C=O) groups excluding carboxylic acids is 1. The SMILES string of the molecule is COc1cc(/C=N\NC(=O)CN(c2ccc(Oc3ccccc3)cc2)S(C)(=O)=O)cc(Br)c1OCc1ccc(Cl)cc1Cl. The van der Waals surface area contributed by atoms with Crippen LogP contribution in [0.2, 0.25) is 10.0 Å². The van der Waals surface area contributed by atoms with Gasteiger partial charge < -0.3 is 14.2 Å². The van der Waals surface area contributed by atoms with Crippen LogP contribution in [0.3, 0.4) is 0 Å². The summed E-state index contributed by atoms with van der Waals surface area (Å²) in [5.41, 5.74) is 3.98. The molecule has 0 bridgehead atoms. The highest BCUT2D eigenvalue weighted by molar-refractivity contribution is 9.10. The Morgan fingerprint density at radius 2 is 1.70 bits per heavy atom. The van der Waals surface area contributed by atoms with Gasteiger partial charge in [0, 0.05) is 15.6 Å². The van der Waals surface area contributed by atoms with E-state index in [9.17, 15) is 13.2 Å². The number of hydrogen-bond acceptors (Lipinski definition) is 7. The fourth-order valence-corrected chi connectivity index (χ4v) is 5.69. The van der Waals surface area contributed by atoms with Crippen LogP contribution in [-0.4, -0.2) is 40.4 Å². The molecule has 0 atom stereocenters. The molecule has 0 fully saturated rings. The number of nitrogens with zero attached hydrogens (tertiary/aromatic N) is 2.